The van der Waals surface area contributed by atoms with Gasteiger partial charge in [-0.1, -0.05) is 12.1 Å². The molecule has 0 bridgehead atoms. The smallest absolute Gasteiger partial charge is 0.251 e. The molecule has 0 aliphatic heterocycles. The Morgan fingerprint density at radius 2 is 1.80 bits per heavy atom. The van der Waals surface area contributed by atoms with E-state index in [0.29, 0.717) is 11.1 Å². The second kappa shape index (κ2) is 5.33. The van der Waals surface area contributed by atoms with Crippen LogP contribution in [0.25, 0.3) is 0 Å². The van der Waals surface area contributed by atoms with Crippen LogP contribution in [0, 0.1) is 5.82 Å². The molecule has 2 aromatic carbocycles. The van der Waals surface area contributed by atoms with Gasteiger partial charge in [-0.2, -0.15) is 0 Å². The molecule has 0 radical (unpaired) electrons. The zero-order chi connectivity index (χ0) is 14.8. The predicted molar refractivity (Wildman–Crippen MR) is 75.0 cm³/mol. The van der Waals surface area contributed by atoms with E-state index < -0.39 is 5.54 Å². The van der Waals surface area contributed by atoms with Crippen LogP contribution in [-0.4, -0.2) is 11.0 Å². The van der Waals surface area contributed by atoms with Crippen LogP contribution in [-0.2, 0) is 5.54 Å². The first-order valence-corrected chi connectivity index (χ1v) is 6.26. The van der Waals surface area contributed by atoms with Crippen molar-refractivity contribution < 1.29 is 14.3 Å². The summed E-state index contributed by atoms with van der Waals surface area (Å²) in [5, 5.41) is 12.1. The fourth-order valence-electron chi connectivity index (χ4n) is 1.92. The van der Waals surface area contributed by atoms with E-state index in [1.165, 1.54) is 36.4 Å². The van der Waals surface area contributed by atoms with Crippen molar-refractivity contribution in [2.24, 2.45) is 0 Å². The van der Waals surface area contributed by atoms with Crippen LogP contribution >= 0.6 is 0 Å². The third-order valence-electron chi connectivity index (χ3n) is 3.10. The lowest BCUT2D eigenvalue weighted by Crippen LogP contribution is -2.41. The van der Waals surface area contributed by atoms with E-state index in [2.05, 4.69) is 5.32 Å². The van der Waals surface area contributed by atoms with Gasteiger partial charge < -0.3 is 10.4 Å². The molecule has 0 saturated heterocycles. The van der Waals surface area contributed by atoms with Gasteiger partial charge in [-0.3, -0.25) is 4.79 Å². The Balaban J connectivity index is 2.19. The summed E-state index contributed by atoms with van der Waals surface area (Å²) in [7, 11) is 0. The predicted octanol–water partition coefficient (Wildman–Crippen LogP) is 3.20. The van der Waals surface area contributed by atoms with E-state index in [1.54, 1.807) is 26.0 Å². The fourth-order valence-corrected chi connectivity index (χ4v) is 1.92. The molecule has 0 saturated carbocycles. The lowest BCUT2D eigenvalue weighted by molar-refractivity contribution is 0.0912. The van der Waals surface area contributed by atoms with Crippen LogP contribution in [0.3, 0.4) is 0 Å². The molecule has 4 heteroatoms. The maximum Gasteiger partial charge on any atom is 0.251 e. The third kappa shape index (κ3) is 3.15. The average molecular weight is 273 g/mol. The molecule has 2 rings (SSSR count). The Bertz CT molecular complexity index is 621. The number of phenols is 1. The maximum atomic E-state index is 13.3. The minimum Gasteiger partial charge on any atom is -0.508 e. The molecule has 0 spiro atoms. The van der Waals surface area contributed by atoms with Gasteiger partial charge in [0, 0.05) is 5.56 Å². The van der Waals surface area contributed by atoms with Crippen molar-refractivity contribution in [1.29, 1.82) is 0 Å². The first kappa shape index (κ1) is 14.1. The summed E-state index contributed by atoms with van der Waals surface area (Å²) < 4.78 is 13.3. The molecule has 0 aliphatic carbocycles. The van der Waals surface area contributed by atoms with Crippen molar-refractivity contribution >= 4 is 5.91 Å². The Labute approximate surface area is 117 Å². The van der Waals surface area contributed by atoms with Gasteiger partial charge in [-0.15, -0.1) is 0 Å². The van der Waals surface area contributed by atoms with E-state index in [4.69, 9.17) is 0 Å². The summed E-state index contributed by atoms with van der Waals surface area (Å²) in [4.78, 5) is 12.1. The second-order valence-electron chi connectivity index (χ2n) is 5.14. The highest BCUT2D eigenvalue weighted by Gasteiger charge is 2.23. The van der Waals surface area contributed by atoms with Crippen molar-refractivity contribution in [1.82, 2.24) is 5.32 Å². The van der Waals surface area contributed by atoms with Gasteiger partial charge >= 0.3 is 0 Å². The molecule has 0 aliphatic rings. The first-order valence-electron chi connectivity index (χ1n) is 6.26. The van der Waals surface area contributed by atoms with E-state index >= 15 is 0 Å². The van der Waals surface area contributed by atoms with Crippen LogP contribution in [0.2, 0.25) is 0 Å². The van der Waals surface area contributed by atoms with Gasteiger partial charge in [-0.05, 0) is 55.8 Å². The molecule has 0 heterocycles. The number of nitrogens with one attached hydrogen (secondary N) is 1. The van der Waals surface area contributed by atoms with Crippen LogP contribution in [0.15, 0.2) is 48.5 Å². The van der Waals surface area contributed by atoms with Crippen LogP contribution in [0.5, 0.6) is 5.75 Å². The number of phenolic OH excluding ortho intramolecular Hbond substituents is 1. The van der Waals surface area contributed by atoms with Gasteiger partial charge in [0.1, 0.15) is 11.6 Å². The monoisotopic (exact) mass is 273 g/mol. The zero-order valence-corrected chi connectivity index (χ0v) is 11.4. The Morgan fingerprint density at radius 3 is 2.40 bits per heavy atom. The number of hydrogen-bond donors (Lipinski definition) is 2. The summed E-state index contributed by atoms with van der Waals surface area (Å²) >= 11 is 0. The molecule has 104 valence electrons. The first-order chi connectivity index (χ1) is 9.38. The van der Waals surface area contributed by atoms with Crippen molar-refractivity contribution in [3.05, 3.63) is 65.5 Å². The minimum absolute atomic E-state index is 0.103. The van der Waals surface area contributed by atoms with Crippen molar-refractivity contribution in [3.8, 4) is 5.75 Å². The van der Waals surface area contributed by atoms with E-state index in [0.717, 1.165) is 0 Å². The van der Waals surface area contributed by atoms with Crippen LogP contribution in [0.1, 0.15) is 29.8 Å². The molecular weight excluding hydrogens is 257 g/mol. The summed E-state index contributed by atoms with van der Waals surface area (Å²) in [6, 6.07) is 12.1. The summed E-state index contributed by atoms with van der Waals surface area (Å²) in [5.41, 5.74) is 0.425. The highest BCUT2D eigenvalue weighted by molar-refractivity contribution is 5.94. The second-order valence-corrected chi connectivity index (χ2v) is 5.14. The number of amides is 1. The lowest BCUT2D eigenvalue weighted by Gasteiger charge is -2.27. The Morgan fingerprint density at radius 1 is 1.15 bits per heavy atom. The van der Waals surface area contributed by atoms with Gasteiger partial charge in [0.2, 0.25) is 0 Å². The number of benzene rings is 2. The number of hydrogen-bond acceptors (Lipinski definition) is 2. The summed E-state index contributed by atoms with van der Waals surface area (Å²) in [5.74, 6) is -0.514. The molecule has 0 fully saturated rings. The van der Waals surface area contributed by atoms with Gasteiger partial charge in [0.25, 0.3) is 5.91 Å². The molecule has 0 unspecified atom stereocenters. The van der Waals surface area contributed by atoms with E-state index in [9.17, 15) is 14.3 Å². The highest BCUT2D eigenvalue weighted by Crippen LogP contribution is 2.21. The third-order valence-corrected chi connectivity index (χ3v) is 3.10. The van der Waals surface area contributed by atoms with Crippen molar-refractivity contribution in [2.45, 2.75) is 19.4 Å². The fraction of sp³-hybridized carbons (Fsp3) is 0.188. The van der Waals surface area contributed by atoms with Crippen LogP contribution < -0.4 is 5.32 Å². The highest BCUT2D eigenvalue weighted by atomic mass is 19.1. The Kier molecular flexibility index (Phi) is 3.74. The molecule has 3 nitrogen and oxygen atoms in total. The number of rotatable bonds is 3. The standard InChI is InChI=1S/C16H16FNO2/c1-16(2,12-4-3-5-13(17)10-12)18-15(20)11-6-8-14(19)9-7-11/h3-10,19H,1-2H3,(H,18,20). The number of aromatic hydroxyl groups is 1. The SMILES string of the molecule is CC(C)(NC(=O)c1ccc(O)cc1)c1cccc(F)c1. The number of halogens is 1. The van der Waals surface area contributed by atoms with Gasteiger partial charge in [0.15, 0.2) is 0 Å². The zero-order valence-electron chi connectivity index (χ0n) is 11.4. The van der Waals surface area contributed by atoms with Crippen LogP contribution in [0.4, 0.5) is 4.39 Å². The summed E-state index contributed by atoms with van der Waals surface area (Å²) in [6.07, 6.45) is 0. The average Bonchev–Trinajstić information content (AvgIpc) is 2.39. The van der Waals surface area contributed by atoms with E-state index in [-0.39, 0.29) is 17.5 Å². The maximum absolute atomic E-state index is 13.3. The Hall–Kier alpha value is -2.36. The quantitative estimate of drug-likeness (QED) is 0.902. The number of carbonyl (C=O) groups excluding carboxylic acids is 1. The van der Waals surface area contributed by atoms with Crippen molar-refractivity contribution in [2.75, 3.05) is 0 Å². The molecule has 0 aromatic heterocycles. The normalized spacial score (nSPS) is 11.2. The molecule has 0 atom stereocenters. The molecule has 2 N–H and O–H groups in total. The van der Waals surface area contributed by atoms with Crippen molar-refractivity contribution in [3.63, 3.8) is 0 Å². The molecule has 1 amide bonds. The van der Waals surface area contributed by atoms with E-state index in [1.807, 2.05) is 0 Å². The summed E-state index contributed by atoms with van der Waals surface area (Å²) in [6.45, 7) is 3.61. The number of carbonyl (C=O) groups is 1. The molecular formula is C16H16FNO2. The largest absolute Gasteiger partial charge is 0.508 e. The lowest BCUT2D eigenvalue weighted by atomic mass is 9.93. The minimum atomic E-state index is -0.697. The topological polar surface area (TPSA) is 49.3 Å². The van der Waals surface area contributed by atoms with Gasteiger partial charge in [0.05, 0.1) is 5.54 Å². The molecule has 2 aromatic rings. The molecule has 20 heavy (non-hydrogen) atoms. The van der Waals surface area contributed by atoms with Gasteiger partial charge in [-0.25, -0.2) is 4.39 Å².